The van der Waals surface area contributed by atoms with Gasteiger partial charge in [0.25, 0.3) is 0 Å². The number of nitrogens with two attached hydrogens (primary N) is 1. The Bertz CT molecular complexity index is 753. The molecule has 1 aliphatic heterocycles. The molecule has 0 saturated carbocycles. The Morgan fingerprint density at radius 2 is 2.12 bits per heavy atom. The van der Waals surface area contributed by atoms with E-state index in [0.717, 1.165) is 36.7 Å². The molecule has 24 heavy (non-hydrogen) atoms. The van der Waals surface area contributed by atoms with Gasteiger partial charge in [-0.2, -0.15) is 0 Å². The van der Waals surface area contributed by atoms with Crippen LogP contribution in [0, 0.1) is 0 Å². The number of hydrogen-bond donors (Lipinski definition) is 1. The number of carbonyl (C=O) groups excluding carboxylic acids is 2. The largest absolute Gasteiger partial charge is 0.459 e. The number of benzene rings is 1. The number of fused-ring (bicyclic) bond motifs is 1. The smallest absolute Gasteiger partial charge is 0.355 e. The molecule has 2 N–H and O–H groups in total. The first-order chi connectivity index (χ1) is 11.6. The summed E-state index contributed by atoms with van der Waals surface area (Å²) < 4.78 is 7.50. The second kappa shape index (κ2) is 6.95. The van der Waals surface area contributed by atoms with Crippen LogP contribution < -0.4 is 5.73 Å². The van der Waals surface area contributed by atoms with Crippen molar-refractivity contribution in [2.75, 3.05) is 13.2 Å². The molecule has 2 heterocycles. The van der Waals surface area contributed by atoms with Crippen LogP contribution in [-0.2, 0) is 11.3 Å². The van der Waals surface area contributed by atoms with Gasteiger partial charge in [-0.3, -0.25) is 0 Å². The first-order valence-corrected chi connectivity index (χ1v) is 8.43. The van der Waals surface area contributed by atoms with Crippen molar-refractivity contribution >= 4 is 22.9 Å². The Labute approximate surface area is 141 Å². The van der Waals surface area contributed by atoms with E-state index < -0.39 is 6.03 Å². The highest BCUT2D eigenvalue weighted by Gasteiger charge is 2.29. The first-order valence-electron chi connectivity index (χ1n) is 8.43. The minimum Gasteiger partial charge on any atom is -0.459 e. The topological polar surface area (TPSA) is 77.6 Å². The second-order valence-corrected chi connectivity index (χ2v) is 6.17. The zero-order valence-corrected chi connectivity index (χ0v) is 13.9. The molecule has 0 bridgehead atoms. The van der Waals surface area contributed by atoms with Crippen LogP contribution in [0.3, 0.4) is 0 Å². The average Bonchev–Trinajstić information content (AvgIpc) is 3.18. The number of primary amides is 1. The van der Waals surface area contributed by atoms with E-state index in [1.807, 2.05) is 34.9 Å². The third kappa shape index (κ3) is 3.09. The van der Waals surface area contributed by atoms with E-state index in [1.165, 1.54) is 0 Å². The molecule has 2 aromatic rings. The standard InChI is InChI=1S/C18H23N3O3/c1-2-9-21-15-8-4-3-6-13(15)11-16(21)17(22)24-12-14-7-5-10-20(14)18(19)23/h3-4,6,8,11,14H,2,5,7,9-10,12H2,1H3,(H2,19,23). The molecule has 1 fully saturated rings. The third-order valence-corrected chi connectivity index (χ3v) is 4.53. The van der Waals surface area contributed by atoms with Gasteiger partial charge < -0.3 is 19.9 Å². The maximum absolute atomic E-state index is 12.6. The SMILES string of the molecule is CCCn1c(C(=O)OCC2CCCN2C(N)=O)cc2ccccc21. The normalized spacial score (nSPS) is 17.4. The van der Waals surface area contributed by atoms with Gasteiger partial charge in [-0.25, -0.2) is 9.59 Å². The van der Waals surface area contributed by atoms with Crippen LogP contribution >= 0.6 is 0 Å². The Kier molecular flexibility index (Phi) is 4.74. The van der Waals surface area contributed by atoms with Gasteiger partial charge in [-0.1, -0.05) is 25.1 Å². The Morgan fingerprint density at radius 3 is 2.88 bits per heavy atom. The number of carbonyl (C=O) groups is 2. The van der Waals surface area contributed by atoms with E-state index in [1.54, 1.807) is 4.90 Å². The molecule has 1 aromatic carbocycles. The van der Waals surface area contributed by atoms with Gasteiger partial charge in [-0.15, -0.1) is 0 Å². The summed E-state index contributed by atoms with van der Waals surface area (Å²) in [6.07, 6.45) is 2.63. The van der Waals surface area contributed by atoms with Crippen LogP contribution in [0.2, 0.25) is 0 Å². The Morgan fingerprint density at radius 1 is 1.33 bits per heavy atom. The fourth-order valence-corrected chi connectivity index (χ4v) is 3.39. The van der Waals surface area contributed by atoms with Gasteiger partial charge in [0.05, 0.1) is 6.04 Å². The van der Waals surface area contributed by atoms with Crippen molar-refractivity contribution in [3.05, 3.63) is 36.0 Å². The van der Waals surface area contributed by atoms with Crippen LogP contribution in [0.4, 0.5) is 4.79 Å². The van der Waals surface area contributed by atoms with Crippen molar-refractivity contribution in [1.29, 1.82) is 0 Å². The van der Waals surface area contributed by atoms with Crippen LogP contribution in [0.15, 0.2) is 30.3 Å². The lowest BCUT2D eigenvalue weighted by atomic mass is 10.2. The quantitative estimate of drug-likeness (QED) is 0.857. The minimum atomic E-state index is -0.450. The lowest BCUT2D eigenvalue weighted by Gasteiger charge is -2.22. The highest BCUT2D eigenvalue weighted by Crippen LogP contribution is 2.22. The third-order valence-electron chi connectivity index (χ3n) is 4.53. The van der Waals surface area contributed by atoms with Crippen LogP contribution in [0.1, 0.15) is 36.7 Å². The number of amides is 2. The molecule has 1 unspecified atom stereocenters. The first kappa shape index (κ1) is 16.4. The number of likely N-dealkylation sites (tertiary alicyclic amines) is 1. The Balaban J connectivity index is 1.76. The number of nitrogens with zero attached hydrogens (tertiary/aromatic N) is 2. The van der Waals surface area contributed by atoms with E-state index in [4.69, 9.17) is 10.5 Å². The molecule has 1 saturated heterocycles. The average molecular weight is 329 g/mol. The van der Waals surface area contributed by atoms with Crippen molar-refractivity contribution in [2.24, 2.45) is 5.73 Å². The molecule has 128 valence electrons. The molecule has 2 amide bonds. The maximum atomic E-state index is 12.6. The Hall–Kier alpha value is -2.50. The molecule has 6 nitrogen and oxygen atoms in total. The predicted molar refractivity (Wildman–Crippen MR) is 91.8 cm³/mol. The van der Waals surface area contributed by atoms with E-state index >= 15 is 0 Å². The minimum absolute atomic E-state index is 0.115. The van der Waals surface area contributed by atoms with Crippen LogP contribution in [-0.4, -0.2) is 40.7 Å². The molecule has 1 aromatic heterocycles. The monoisotopic (exact) mass is 329 g/mol. The van der Waals surface area contributed by atoms with E-state index in [9.17, 15) is 9.59 Å². The number of aromatic nitrogens is 1. The maximum Gasteiger partial charge on any atom is 0.355 e. The number of esters is 1. The van der Waals surface area contributed by atoms with E-state index in [0.29, 0.717) is 12.2 Å². The van der Waals surface area contributed by atoms with Gasteiger partial charge >= 0.3 is 12.0 Å². The lowest BCUT2D eigenvalue weighted by molar-refractivity contribution is 0.0410. The van der Waals surface area contributed by atoms with Crippen molar-refractivity contribution < 1.29 is 14.3 Å². The summed E-state index contributed by atoms with van der Waals surface area (Å²) >= 11 is 0. The van der Waals surface area contributed by atoms with Gasteiger partial charge in [0, 0.05) is 24.0 Å². The van der Waals surface area contributed by atoms with Crippen molar-refractivity contribution in [1.82, 2.24) is 9.47 Å². The van der Waals surface area contributed by atoms with Crippen LogP contribution in [0.25, 0.3) is 10.9 Å². The zero-order valence-electron chi connectivity index (χ0n) is 13.9. The van der Waals surface area contributed by atoms with E-state index in [2.05, 4.69) is 6.92 Å². The fourth-order valence-electron chi connectivity index (χ4n) is 3.39. The predicted octanol–water partition coefficient (Wildman–Crippen LogP) is 2.75. The summed E-state index contributed by atoms with van der Waals surface area (Å²) in [5, 5.41) is 1.03. The molecule has 0 spiro atoms. The highest BCUT2D eigenvalue weighted by molar-refractivity contribution is 5.95. The molecular weight excluding hydrogens is 306 g/mol. The van der Waals surface area contributed by atoms with Crippen molar-refractivity contribution in [3.8, 4) is 0 Å². The van der Waals surface area contributed by atoms with Crippen molar-refractivity contribution in [3.63, 3.8) is 0 Å². The van der Waals surface area contributed by atoms with Crippen molar-refractivity contribution in [2.45, 2.75) is 38.8 Å². The number of ether oxygens (including phenoxy) is 1. The number of rotatable bonds is 5. The number of aryl methyl sites for hydroxylation is 1. The molecular formula is C18H23N3O3. The second-order valence-electron chi connectivity index (χ2n) is 6.17. The van der Waals surface area contributed by atoms with Gasteiger partial charge in [-0.05, 0) is 31.4 Å². The summed E-state index contributed by atoms with van der Waals surface area (Å²) in [5.74, 6) is -0.351. The molecule has 6 heteroatoms. The summed E-state index contributed by atoms with van der Waals surface area (Å²) in [7, 11) is 0. The van der Waals surface area contributed by atoms with E-state index in [-0.39, 0.29) is 18.6 Å². The molecule has 1 atom stereocenters. The summed E-state index contributed by atoms with van der Waals surface area (Å²) in [6, 6.07) is 9.22. The summed E-state index contributed by atoms with van der Waals surface area (Å²) in [6.45, 7) is 3.66. The van der Waals surface area contributed by atoms with Gasteiger partial charge in [0.1, 0.15) is 12.3 Å². The summed E-state index contributed by atoms with van der Waals surface area (Å²) in [5.41, 5.74) is 6.95. The van der Waals surface area contributed by atoms with Gasteiger partial charge in [0.2, 0.25) is 0 Å². The van der Waals surface area contributed by atoms with Crippen LogP contribution in [0.5, 0.6) is 0 Å². The lowest BCUT2D eigenvalue weighted by Crippen LogP contribution is -2.42. The molecule has 0 aliphatic carbocycles. The zero-order chi connectivity index (χ0) is 17.1. The molecule has 0 radical (unpaired) electrons. The number of urea groups is 1. The highest BCUT2D eigenvalue weighted by atomic mass is 16.5. The van der Waals surface area contributed by atoms with Gasteiger partial charge in [0.15, 0.2) is 0 Å². The summed E-state index contributed by atoms with van der Waals surface area (Å²) in [4.78, 5) is 25.5. The fraction of sp³-hybridized carbons (Fsp3) is 0.444. The molecule has 3 rings (SSSR count). The number of hydrogen-bond acceptors (Lipinski definition) is 3. The molecule has 1 aliphatic rings. The number of para-hydroxylation sites is 1.